The highest BCUT2D eigenvalue weighted by Gasteiger charge is 2.07. The summed E-state index contributed by atoms with van der Waals surface area (Å²) in [5, 5.41) is 8.69. The van der Waals surface area contributed by atoms with Crippen LogP contribution < -0.4 is 5.73 Å². The Bertz CT molecular complexity index is 136. The maximum atomic E-state index is 10.1. The number of hydrogen-bond donors (Lipinski definition) is 2. The Kier molecular flexibility index (Phi) is 3.49. The summed E-state index contributed by atoms with van der Waals surface area (Å²) in [6.45, 7) is 0. The Morgan fingerprint density at radius 3 is 2.78 bits per heavy atom. The molecule has 0 fully saturated rings. The van der Waals surface area contributed by atoms with E-state index in [1.54, 1.807) is 0 Å². The zero-order valence-electron chi connectivity index (χ0n) is 5.00. The Hall–Kier alpha value is -1.01. The van der Waals surface area contributed by atoms with Gasteiger partial charge in [0.05, 0.1) is 0 Å². The van der Waals surface area contributed by atoms with Crippen LogP contribution in [0.4, 0.5) is 0 Å². The summed E-state index contributed by atoms with van der Waals surface area (Å²) < 4.78 is 0. The van der Waals surface area contributed by atoms with E-state index < -0.39 is 12.0 Å². The first-order valence-electron chi connectivity index (χ1n) is 2.59. The molecule has 1 amide bonds. The van der Waals surface area contributed by atoms with E-state index in [4.69, 9.17) is 17.3 Å². The maximum absolute atomic E-state index is 10.1. The second-order valence-electron chi connectivity index (χ2n) is 1.66. The number of nitrogens with two attached hydrogens (primary N) is 1. The van der Waals surface area contributed by atoms with Crippen LogP contribution >= 0.6 is 0 Å². The molecular formula is C6H9NO2. The fourth-order valence-electron chi connectivity index (χ4n) is 0.362. The van der Waals surface area contributed by atoms with Crippen molar-refractivity contribution in [2.75, 3.05) is 0 Å². The second kappa shape index (κ2) is 3.93. The highest BCUT2D eigenvalue weighted by molar-refractivity contribution is 5.78. The highest BCUT2D eigenvalue weighted by atomic mass is 16.3. The zero-order valence-corrected chi connectivity index (χ0v) is 5.00. The van der Waals surface area contributed by atoms with E-state index in [1.807, 2.05) is 0 Å². The van der Waals surface area contributed by atoms with E-state index in [2.05, 4.69) is 5.92 Å². The second-order valence-corrected chi connectivity index (χ2v) is 1.66. The minimum Gasteiger partial charge on any atom is -0.383 e. The van der Waals surface area contributed by atoms with Crippen LogP contribution in [0.1, 0.15) is 12.8 Å². The number of hydrogen-bond acceptors (Lipinski definition) is 2. The lowest BCUT2D eigenvalue weighted by molar-refractivity contribution is -0.126. The van der Waals surface area contributed by atoms with E-state index in [1.165, 1.54) is 0 Å². The fraction of sp³-hybridized carbons (Fsp3) is 0.500. The minimum atomic E-state index is -1.08. The third-order valence-electron chi connectivity index (χ3n) is 0.891. The number of carbonyl (C=O) groups is 1. The van der Waals surface area contributed by atoms with E-state index in [0.29, 0.717) is 6.42 Å². The molecule has 0 heterocycles. The molecule has 1 atom stereocenters. The maximum Gasteiger partial charge on any atom is 0.246 e. The number of carbonyl (C=O) groups excluding carboxylic acids is 1. The minimum absolute atomic E-state index is 0.256. The molecular weight excluding hydrogens is 118 g/mol. The van der Waals surface area contributed by atoms with Gasteiger partial charge in [0.15, 0.2) is 0 Å². The average molecular weight is 127 g/mol. The lowest BCUT2D eigenvalue weighted by atomic mass is 10.2. The first-order valence-corrected chi connectivity index (χ1v) is 2.59. The number of aliphatic hydroxyl groups is 1. The molecule has 0 aliphatic rings. The molecule has 3 N–H and O–H groups in total. The SMILES string of the molecule is C#CCCC(O)C(N)=O. The summed E-state index contributed by atoms with van der Waals surface area (Å²) in [6, 6.07) is 0. The predicted molar refractivity (Wildman–Crippen MR) is 33.3 cm³/mol. The van der Waals surface area contributed by atoms with Crippen molar-refractivity contribution in [2.45, 2.75) is 18.9 Å². The topological polar surface area (TPSA) is 63.3 Å². The first kappa shape index (κ1) is 7.99. The number of amides is 1. The van der Waals surface area contributed by atoms with Crippen LogP contribution in [0.25, 0.3) is 0 Å². The van der Waals surface area contributed by atoms with Gasteiger partial charge in [-0.3, -0.25) is 4.79 Å². The van der Waals surface area contributed by atoms with Crippen molar-refractivity contribution in [3.05, 3.63) is 0 Å². The van der Waals surface area contributed by atoms with Gasteiger partial charge in [-0.25, -0.2) is 0 Å². The van der Waals surface area contributed by atoms with Gasteiger partial charge in [0.2, 0.25) is 5.91 Å². The van der Waals surface area contributed by atoms with Crippen molar-refractivity contribution in [1.29, 1.82) is 0 Å². The molecule has 0 saturated carbocycles. The lowest BCUT2D eigenvalue weighted by Crippen LogP contribution is -2.27. The van der Waals surface area contributed by atoms with Crippen LogP contribution in [0.2, 0.25) is 0 Å². The van der Waals surface area contributed by atoms with Crippen LogP contribution in [0.15, 0.2) is 0 Å². The average Bonchev–Trinajstić information content (AvgIpc) is 1.82. The van der Waals surface area contributed by atoms with E-state index in [-0.39, 0.29) is 6.42 Å². The van der Waals surface area contributed by atoms with Gasteiger partial charge in [-0.2, -0.15) is 0 Å². The summed E-state index contributed by atoms with van der Waals surface area (Å²) in [5.74, 6) is 1.57. The number of primary amides is 1. The zero-order chi connectivity index (χ0) is 7.28. The standard InChI is InChI=1S/C6H9NO2/c1-2-3-4-5(8)6(7)9/h1,5,8H,3-4H2,(H2,7,9). The Morgan fingerprint density at radius 2 is 2.44 bits per heavy atom. The summed E-state index contributed by atoms with van der Waals surface area (Å²) in [7, 11) is 0. The molecule has 9 heavy (non-hydrogen) atoms. The summed E-state index contributed by atoms with van der Waals surface area (Å²) in [6.07, 6.45) is 4.42. The molecule has 0 aromatic heterocycles. The fourth-order valence-corrected chi connectivity index (χ4v) is 0.362. The van der Waals surface area contributed by atoms with Crippen LogP contribution in [0.3, 0.4) is 0 Å². The van der Waals surface area contributed by atoms with Crippen molar-refractivity contribution in [1.82, 2.24) is 0 Å². The molecule has 0 aromatic carbocycles. The van der Waals surface area contributed by atoms with Crippen LogP contribution in [0, 0.1) is 12.3 Å². The van der Waals surface area contributed by atoms with Gasteiger partial charge in [0.1, 0.15) is 6.10 Å². The van der Waals surface area contributed by atoms with Gasteiger partial charge in [-0.15, -0.1) is 12.3 Å². The number of terminal acetylenes is 1. The Balaban J connectivity index is 3.41. The van der Waals surface area contributed by atoms with Gasteiger partial charge in [-0.1, -0.05) is 0 Å². The smallest absolute Gasteiger partial charge is 0.246 e. The number of aliphatic hydroxyl groups excluding tert-OH is 1. The largest absolute Gasteiger partial charge is 0.383 e. The Morgan fingerprint density at radius 1 is 1.89 bits per heavy atom. The monoisotopic (exact) mass is 127 g/mol. The summed E-state index contributed by atoms with van der Waals surface area (Å²) in [5.41, 5.74) is 4.72. The van der Waals surface area contributed by atoms with Crippen molar-refractivity contribution < 1.29 is 9.90 Å². The highest BCUT2D eigenvalue weighted by Crippen LogP contribution is 1.93. The predicted octanol–water partition coefficient (Wildman–Crippen LogP) is -0.754. The first-order chi connectivity index (χ1) is 4.18. The third kappa shape index (κ3) is 3.56. The van der Waals surface area contributed by atoms with Gasteiger partial charge in [0, 0.05) is 6.42 Å². The molecule has 0 rings (SSSR count). The molecule has 3 nitrogen and oxygen atoms in total. The van der Waals surface area contributed by atoms with Gasteiger partial charge >= 0.3 is 0 Å². The molecule has 0 bridgehead atoms. The van der Waals surface area contributed by atoms with Crippen molar-refractivity contribution in [3.8, 4) is 12.3 Å². The van der Waals surface area contributed by atoms with Gasteiger partial charge < -0.3 is 10.8 Å². The van der Waals surface area contributed by atoms with Gasteiger partial charge in [0.25, 0.3) is 0 Å². The molecule has 50 valence electrons. The summed E-state index contributed by atoms with van der Waals surface area (Å²) >= 11 is 0. The van der Waals surface area contributed by atoms with Crippen molar-refractivity contribution in [3.63, 3.8) is 0 Å². The molecule has 0 spiro atoms. The van der Waals surface area contributed by atoms with E-state index in [0.717, 1.165) is 0 Å². The van der Waals surface area contributed by atoms with Crippen LogP contribution in [-0.4, -0.2) is 17.1 Å². The molecule has 0 radical (unpaired) electrons. The summed E-state index contributed by atoms with van der Waals surface area (Å²) in [4.78, 5) is 10.1. The molecule has 0 saturated heterocycles. The lowest BCUT2D eigenvalue weighted by Gasteiger charge is -2.00. The molecule has 0 aromatic rings. The molecule has 0 aliphatic heterocycles. The Labute approximate surface area is 53.9 Å². The van der Waals surface area contributed by atoms with E-state index >= 15 is 0 Å². The normalized spacial score (nSPS) is 12.0. The van der Waals surface area contributed by atoms with Crippen LogP contribution in [-0.2, 0) is 4.79 Å². The molecule has 3 heteroatoms. The number of rotatable bonds is 3. The van der Waals surface area contributed by atoms with Crippen molar-refractivity contribution >= 4 is 5.91 Å². The van der Waals surface area contributed by atoms with Crippen LogP contribution in [0.5, 0.6) is 0 Å². The quantitative estimate of drug-likeness (QED) is 0.490. The third-order valence-corrected chi connectivity index (χ3v) is 0.891. The van der Waals surface area contributed by atoms with E-state index in [9.17, 15) is 4.79 Å². The molecule has 1 unspecified atom stereocenters. The van der Waals surface area contributed by atoms with Crippen molar-refractivity contribution in [2.24, 2.45) is 5.73 Å². The van der Waals surface area contributed by atoms with Gasteiger partial charge in [-0.05, 0) is 6.42 Å². The molecule has 0 aliphatic carbocycles.